The molecule has 102 valence electrons. The summed E-state index contributed by atoms with van der Waals surface area (Å²) in [7, 11) is 1.55. The van der Waals surface area contributed by atoms with Gasteiger partial charge in [0.1, 0.15) is 5.75 Å². The average Bonchev–Trinajstić information content (AvgIpc) is 2.84. The van der Waals surface area contributed by atoms with E-state index in [2.05, 4.69) is 0 Å². The van der Waals surface area contributed by atoms with Crippen LogP contribution in [0, 0.1) is 5.92 Å². The van der Waals surface area contributed by atoms with Crippen molar-refractivity contribution in [1.82, 2.24) is 0 Å². The number of rotatable bonds is 3. The van der Waals surface area contributed by atoms with Crippen LogP contribution in [0.4, 0.5) is 0 Å². The van der Waals surface area contributed by atoms with Crippen LogP contribution in [0.2, 0.25) is 0 Å². The van der Waals surface area contributed by atoms with Crippen LogP contribution in [-0.2, 0) is 6.42 Å². The molecule has 1 aliphatic carbocycles. The minimum absolute atomic E-state index is 0.0637. The molecule has 2 aromatic rings. The molecule has 0 amide bonds. The van der Waals surface area contributed by atoms with Crippen molar-refractivity contribution in [3.8, 4) is 5.75 Å². The summed E-state index contributed by atoms with van der Waals surface area (Å²) in [6, 6.07) is 14.8. The molecule has 0 aromatic heterocycles. The smallest absolute Gasteiger partial charge is 0.172 e. The van der Waals surface area contributed by atoms with Gasteiger partial charge in [-0.1, -0.05) is 36.4 Å². The normalized spacial score (nSPS) is 20.5. The van der Waals surface area contributed by atoms with Gasteiger partial charge >= 0.3 is 0 Å². The van der Waals surface area contributed by atoms with Crippen LogP contribution in [0.15, 0.2) is 48.5 Å². The van der Waals surface area contributed by atoms with Crippen LogP contribution < -0.4 is 4.74 Å². The molecule has 0 bridgehead atoms. The van der Waals surface area contributed by atoms with Gasteiger partial charge in [0.15, 0.2) is 5.78 Å². The van der Waals surface area contributed by atoms with Crippen LogP contribution in [0.5, 0.6) is 5.75 Å². The Balaban J connectivity index is 1.94. The standard InChI is InChI=1S/C17H16O3/c1-20-15-9-5-4-8-13(15)17(19)14-10-11-6-2-3-7-12(11)16(14)18/h2-9,14,16,18H,10H2,1H3/t14-,16+/m1/s1. The van der Waals surface area contributed by atoms with Crippen LogP contribution in [0.3, 0.4) is 0 Å². The molecule has 0 heterocycles. The molecule has 20 heavy (non-hydrogen) atoms. The summed E-state index contributed by atoms with van der Waals surface area (Å²) in [5.41, 5.74) is 2.45. The van der Waals surface area contributed by atoms with Crippen molar-refractivity contribution in [2.24, 2.45) is 5.92 Å². The van der Waals surface area contributed by atoms with Gasteiger partial charge in [-0.25, -0.2) is 0 Å². The number of aliphatic hydroxyl groups excluding tert-OH is 1. The summed E-state index contributed by atoms with van der Waals surface area (Å²) in [6.45, 7) is 0. The van der Waals surface area contributed by atoms with Gasteiger partial charge in [-0.3, -0.25) is 4.79 Å². The zero-order valence-corrected chi connectivity index (χ0v) is 11.2. The van der Waals surface area contributed by atoms with E-state index in [1.165, 1.54) is 0 Å². The third-order valence-electron chi connectivity index (χ3n) is 3.90. The maximum atomic E-state index is 12.7. The molecule has 1 aliphatic rings. The fraction of sp³-hybridized carbons (Fsp3) is 0.235. The molecule has 0 unspecified atom stereocenters. The maximum Gasteiger partial charge on any atom is 0.172 e. The third-order valence-corrected chi connectivity index (χ3v) is 3.90. The molecule has 2 atom stereocenters. The maximum absolute atomic E-state index is 12.7. The summed E-state index contributed by atoms with van der Waals surface area (Å²) in [6.07, 6.45) is -0.155. The first-order valence-corrected chi connectivity index (χ1v) is 6.65. The van der Waals surface area contributed by atoms with Crippen molar-refractivity contribution in [2.45, 2.75) is 12.5 Å². The van der Waals surface area contributed by atoms with E-state index in [0.29, 0.717) is 17.7 Å². The van der Waals surface area contributed by atoms with Gasteiger partial charge in [0.05, 0.1) is 24.7 Å². The number of hydrogen-bond donors (Lipinski definition) is 1. The minimum Gasteiger partial charge on any atom is -0.496 e. The van der Waals surface area contributed by atoms with E-state index in [-0.39, 0.29) is 5.78 Å². The lowest BCUT2D eigenvalue weighted by Crippen LogP contribution is -2.20. The largest absolute Gasteiger partial charge is 0.496 e. The molecule has 2 aromatic carbocycles. The quantitative estimate of drug-likeness (QED) is 0.871. The Morgan fingerprint density at radius 1 is 1.15 bits per heavy atom. The Bertz CT molecular complexity index is 648. The molecule has 1 N–H and O–H groups in total. The number of aliphatic hydroxyl groups is 1. The topological polar surface area (TPSA) is 46.5 Å². The third kappa shape index (κ3) is 2.00. The zero-order chi connectivity index (χ0) is 14.1. The average molecular weight is 268 g/mol. The number of benzene rings is 2. The summed E-state index contributed by atoms with van der Waals surface area (Å²) < 4.78 is 5.24. The zero-order valence-electron chi connectivity index (χ0n) is 11.2. The van der Waals surface area contributed by atoms with E-state index in [0.717, 1.165) is 11.1 Å². The highest BCUT2D eigenvalue weighted by molar-refractivity contribution is 6.01. The van der Waals surface area contributed by atoms with Gasteiger partial charge in [-0.05, 0) is 29.7 Å². The highest BCUT2D eigenvalue weighted by Crippen LogP contribution is 2.38. The van der Waals surface area contributed by atoms with Crippen LogP contribution in [0.25, 0.3) is 0 Å². The highest BCUT2D eigenvalue weighted by Gasteiger charge is 2.36. The van der Waals surface area contributed by atoms with Crippen LogP contribution >= 0.6 is 0 Å². The van der Waals surface area contributed by atoms with Crippen molar-refractivity contribution in [1.29, 1.82) is 0 Å². The monoisotopic (exact) mass is 268 g/mol. The van der Waals surface area contributed by atoms with E-state index < -0.39 is 12.0 Å². The van der Waals surface area contributed by atoms with Crippen molar-refractivity contribution >= 4 is 5.78 Å². The second-order valence-corrected chi connectivity index (χ2v) is 5.02. The van der Waals surface area contributed by atoms with Gasteiger partial charge < -0.3 is 9.84 Å². The lowest BCUT2D eigenvalue weighted by molar-refractivity contribution is 0.0722. The fourth-order valence-corrected chi connectivity index (χ4v) is 2.86. The molecule has 3 nitrogen and oxygen atoms in total. The SMILES string of the molecule is COc1ccccc1C(=O)[C@@H]1Cc2ccccc2[C@@H]1O. The number of fused-ring (bicyclic) bond motifs is 1. The molecule has 0 radical (unpaired) electrons. The van der Waals surface area contributed by atoms with Gasteiger partial charge in [0.2, 0.25) is 0 Å². The lowest BCUT2D eigenvalue weighted by atomic mass is 9.92. The van der Waals surface area contributed by atoms with E-state index in [1.54, 1.807) is 19.2 Å². The molecular formula is C17H16O3. The molecule has 0 spiro atoms. The van der Waals surface area contributed by atoms with Crippen molar-refractivity contribution in [2.75, 3.05) is 7.11 Å². The first-order chi connectivity index (χ1) is 9.72. The number of ether oxygens (including phenoxy) is 1. The minimum atomic E-state index is -0.733. The first kappa shape index (κ1) is 12.9. The number of ketones is 1. The van der Waals surface area contributed by atoms with Gasteiger partial charge in [-0.15, -0.1) is 0 Å². The van der Waals surface area contributed by atoms with Crippen molar-refractivity contribution < 1.29 is 14.6 Å². The number of hydrogen-bond acceptors (Lipinski definition) is 3. The Morgan fingerprint density at radius 3 is 2.60 bits per heavy atom. The lowest BCUT2D eigenvalue weighted by Gasteiger charge is -2.15. The van der Waals surface area contributed by atoms with Gasteiger partial charge in [0, 0.05) is 0 Å². The molecule has 3 heteroatoms. The molecular weight excluding hydrogens is 252 g/mol. The summed E-state index contributed by atoms with van der Waals surface area (Å²) in [5, 5.41) is 10.4. The number of carbonyl (C=O) groups is 1. The van der Waals surface area contributed by atoms with E-state index in [9.17, 15) is 9.90 Å². The second kappa shape index (κ2) is 5.10. The first-order valence-electron chi connectivity index (χ1n) is 6.65. The molecule has 0 saturated carbocycles. The number of carbonyl (C=O) groups excluding carboxylic acids is 1. The second-order valence-electron chi connectivity index (χ2n) is 5.02. The fourth-order valence-electron chi connectivity index (χ4n) is 2.86. The molecule has 0 aliphatic heterocycles. The van der Waals surface area contributed by atoms with E-state index in [1.807, 2.05) is 36.4 Å². The molecule has 0 fully saturated rings. The Hall–Kier alpha value is -2.13. The van der Waals surface area contributed by atoms with Crippen LogP contribution in [-0.4, -0.2) is 18.0 Å². The van der Waals surface area contributed by atoms with E-state index >= 15 is 0 Å². The summed E-state index contributed by atoms with van der Waals surface area (Å²) >= 11 is 0. The van der Waals surface area contributed by atoms with Gasteiger partial charge in [-0.2, -0.15) is 0 Å². The predicted molar refractivity (Wildman–Crippen MR) is 75.9 cm³/mol. The number of Topliss-reactive ketones (excluding diaryl/α,β-unsaturated/α-hetero) is 1. The molecule has 0 saturated heterocycles. The predicted octanol–water partition coefficient (Wildman–Crippen LogP) is 2.78. The van der Waals surface area contributed by atoms with Crippen molar-refractivity contribution in [3.63, 3.8) is 0 Å². The summed E-state index contributed by atoms with van der Waals surface area (Å²) in [5.74, 6) is 0.0653. The number of para-hydroxylation sites is 1. The van der Waals surface area contributed by atoms with E-state index in [4.69, 9.17) is 4.74 Å². The van der Waals surface area contributed by atoms with Crippen molar-refractivity contribution in [3.05, 3.63) is 65.2 Å². The Labute approximate surface area is 117 Å². The highest BCUT2D eigenvalue weighted by atomic mass is 16.5. The van der Waals surface area contributed by atoms with Crippen LogP contribution in [0.1, 0.15) is 27.6 Å². The van der Waals surface area contributed by atoms with Gasteiger partial charge in [0.25, 0.3) is 0 Å². The number of methoxy groups -OCH3 is 1. The summed E-state index contributed by atoms with van der Waals surface area (Å²) in [4.78, 5) is 12.7. The molecule has 3 rings (SSSR count). The Kier molecular flexibility index (Phi) is 3.28. The Morgan fingerprint density at radius 2 is 1.85 bits per heavy atom.